The predicted molar refractivity (Wildman–Crippen MR) is 117 cm³/mol. The lowest BCUT2D eigenvalue weighted by Crippen LogP contribution is -2.34. The fraction of sp³-hybridized carbons (Fsp3) is 0.136. The van der Waals surface area contributed by atoms with E-state index in [0.717, 1.165) is 32.5 Å². The fourth-order valence-corrected chi connectivity index (χ4v) is 4.38. The summed E-state index contributed by atoms with van der Waals surface area (Å²) in [6.45, 7) is 2.46. The Kier molecular flexibility index (Phi) is 4.68. The van der Waals surface area contributed by atoms with E-state index in [-0.39, 0.29) is 12.5 Å². The molecule has 0 aliphatic heterocycles. The van der Waals surface area contributed by atoms with Crippen LogP contribution in [0.2, 0.25) is 0 Å². The monoisotopic (exact) mass is 414 g/mol. The lowest BCUT2D eigenvalue weighted by Gasteiger charge is -2.19. The Labute approximate surface area is 176 Å². The number of anilines is 1. The van der Waals surface area contributed by atoms with Gasteiger partial charge < -0.3 is 0 Å². The smallest absolute Gasteiger partial charge is 0.250 e. The van der Waals surface area contributed by atoms with Crippen molar-refractivity contribution < 1.29 is 4.79 Å². The highest BCUT2D eigenvalue weighted by atomic mass is 32.1. The minimum Gasteiger partial charge on any atom is -0.280 e. The number of hydrogen-bond acceptors (Lipinski definition) is 6. The first-order chi connectivity index (χ1) is 14.7. The fourth-order valence-electron chi connectivity index (χ4n) is 3.30. The molecule has 30 heavy (non-hydrogen) atoms. The third-order valence-corrected chi connectivity index (χ3v) is 5.86. The van der Waals surface area contributed by atoms with Crippen molar-refractivity contribution in [2.24, 2.45) is 0 Å². The van der Waals surface area contributed by atoms with Crippen LogP contribution in [0, 0.1) is 6.92 Å². The van der Waals surface area contributed by atoms with Crippen molar-refractivity contribution in [3.63, 3.8) is 0 Å². The van der Waals surface area contributed by atoms with E-state index >= 15 is 0 Å². The maximum absolute atomic E-state index is 13.4. The molecule has 0 radical (unpaired) electrons. The van der Waals surface area contributed by atoms with Crippen molar-refractivity contribution in [1.29, 1.82) is 0 Å². The van der Waals surface area contributed by atoms with Gasteiger partial charge in [-0.1, -0.05) is 40.8 Å². The number of thiazole rings is 1. The lowest BCUT2D eigenvalue weighted by molar-refractivity contribution is -0.119. The van der Waals surface area contributed by atoms with Gasteiger partial charge >= 0.3 is 0 Å². The van der Waals surface area contributed by atoms with E-state index in [1.165, 1.54) is 11.3 Å². The number of carbonyl (C=O) groups is 1. The van der Waals surface area contributed by atoms with Crippen LogP contribution in [0.4, 0.5) is 5.13 Å². The molecule has 0 unspecified atom stereocenters. The molecule has 5 aromatic rings. The van der Waals surface area contributed by atoms with Crippen LogP contribution in [-0.2, 0) is 17.9 Å². The molecular weight excluding hydrogens is 396 g/mol. The molecule has 0 saturated carbocycles. The van der Waals surface area contributed by atoms with Crippen LogP contribution in [-0.4, -0.2) is 30.9 Å². The largest absolute Gasteiger partial charge is 0.280 e. The minimum absolute atomic E-state index is 0.0717. The Bertz CT molecular complexity index is 1340. The Morgan fingerprint density at radius 2 is 1.93 bits per heavy atom. The number of hydrogen-bond donors (Lipinski definition) is 0. The van der Waals surface area contributed by atoms with Gasteiger partial charge in [-0.3, -0.25) is 14.7 Å². The number of benzene rings is 2. The SMILES string of the molecule is Cc1ccc2nc(N(Cc3ccccn3)C(=O)Cn3nnc4ccccc43)sc2c1. The Hall–Kier alpha value is -3.65. The third kappa shape index (κ3) is 3.53. The van der Waals surface area contributed by atoms with Crippen molar-refractivity contribution in [3.05, 3.63) is 78.1 Å². The Morgan fingerprint density at radius 1 is 1.07 bits per heavy atom. The zero-order chi connectivity index (χ0) is 20.5. The van der Waals surface area contributed by atoms with Gasteiger partial charge in [0.05, 0.1) is 28.0 Å². The van der Waals surface area contributed by atoms with Gasteiger partial charge in [-0.2, -0.15) is 0 Å². The Balaban J connectivity index is 1.51. The topological polar surface area (TPSA) is 76.8 Å². The van der Waals surface area contributed by atoms with E-state index in [2.05, 4.69) is 21.4 Å². The zero-order valence-corrected chi connectivity index (χ0v) is 17.1. The van der Waals surface area contributed by atoms with Crippen molar-refractivity contribution in [2.45, 2.75) is 20.0 Å². The number of carbonyl (C=O) groups excluding carboxylic acids is 1. The van der Waals surface area contributed by atoms with E-state index < -0.39 is 0 Å². The van der Waals surface area contributed by atoms with Gasteiger partial charge in [0.15, 0.2) is 5.13 Å². The molecule has 0 atom stereocenters. The lowest BCUT2D eigenvalue weighted by atomic mass is 10.2. The summed E-state index contributed by atoms with van der Waals surface area (Å²) in [5, 5.41) is 8.96. The number of pyridine rings is 1. The van der Waals surface area contributed by atoms with Crippen LogP contribution < -0.4 is 4.90 Å². The summed E-state index contributed by atoms with van der Waals surface area (Å²) < 4.78 is 2.68. The van der Waals surface area contributed by atoms with E-state index in [4.69, 9.17) is 4.98 Å². The number of para-hydroxylation sites is 1. The molecule has 1 amide bonds. The summed E-state index contributed by atoms with van der Waals surface area (Å²) in [5.74, 6) is -0.118. The summed E-state index contributed by atoms with van der Waals surface area (Å²) in [6.07, 6.45) is 1.73. The molecule has 0 N–H and O–H groups in total. The number of nitrogens with zero attached hydrogens (tertiary/aromatic N) is 6. The summed E-state index contributed by atoms with van der Waals surface area (Å²) in [4.78, 5) is 24.2. The normalized spacial score (nSPS) is 11.2. The van der Waals surface area contributed by atoms with Crippen molar-refractivity contribution >= 4 is 43.6 Å². The summed E-state index contributed by atoms with van der Waals surface area (Å²) >= 11 is 1.50. The number of amides is 1. The first-order valence-corrected chi connectivity index (χ1v) is 10.3. The molecule has 8 heteroatoms. The average Bonchev–Trinajstić information content (AvgIpc) is 3.36. The van der Waals surface area contributed by atoms with Gasteiger partial charge in [-0.05, 0) is 48.9 Å². The molecule has 148 valence electrons. The molecule has 5 rings (SSSR count). The molecule has 0 fully saturated rings. The van der Waals surface area contributed by atoms with Gasteiger partial charge in [0.1, 0.15) is 12.1 Å². The van der Waals surface area contributed by atoms with E-state index in [9.17, 15) is 4.79 Å². The van der Waals surface area contributed by atoms with Gasteiger partial charge in [0.25, 0.3) is 5.91 Å². The molecule has 3 heterocycles. The summed E-state index contributed by atoms with van der Waals surface area (Å²) in [5.41, 5.74) is 4.42. The standard InChI is InChI=1S/C22H18N6OS/c1-15-9-10-18-20(12-15)30-22(24-18)27(13-16-6-4-5-11-23-16)21(29)14-28-19-8-3-2-7-17(19)25-26-28/h2-12H,13-14H2,1H3. The second-order valence-corrected chi connectivity index (χ2v) is 8.01. The minimum atomic E-state index is -0.118. The maximum Gasteiger partial charge on any atom is 0.250 e. The molecular formula is C22H18N6OS. The van der Waals surface area contributed by atoms with Crippen LogP contribution in [0.15, 0.2) is 66.9 Å². The highest BCUT2D eigenvalue weighted by molar-refractivity contribution is 7.22. The molecule has 3 aromatic heterocycles. The second-order valence-electron chi connectivity index (χ2n) is 7.00. The molecule has 0 aliphatic rings. The Morgan fingerprint density at radius 3 is 2.80 bits per heavy atom. The van der Waals surface area contributed by atoms with Gasteiger partial charge in [0.2, 0.25) is 0 Å². The van der Waals surface area contributed by atoms with Crippen LogP contribution in [0.5, 0.6) is 0 Å². The van der Waals surface area contributed by atoms with Crippen LogP contribution in [0.25, 0.3) is 21.3 Å². The zero-order valence-electron chi connectivity index (χ0n) is 16.3. The van der Waals surface area contributed by atoms with Gasteiger partial charge in [-0.25, -0.2) is 9.67 Å². The highest BCUT2D eigenvalue weighted by Gasteiger charge is 2.22. The van der Waals surface area contributed by atoms with Crippen LogP contribution >= 0.6 is 11.3 Å². The summed E-state index contributed by atoms with van der Waals surface area (Å²) in [6, 6.07) is 19.4. The molecule has 0 aliphatic carbocycles. The van der Waals surface area contributed by atoms with Gasteiger partial charge in [-0.15, -0.1) is 5.10 Å². The number of aryl methyl sites for hydroxylation is 1. The van der Waals surface area contributed by atoms with Crippen molar-refractivity contribution in [2.75, 3.05) is 4.90 Å². The summed E-state index contributed by atoms with van der Waals surface area (Å²) in [7, 11) is 0. The molecule has 0 spiro atoms. The maximum atomic E-state index is 13.4. The van der Waals surface area contributed by atoms with Crippen molar-refractivity contribution in [1.82, 2.24) is 25.0 Å². The number of aromatic nitrogens is 5. The predicted octanol–water partition coefficient (Wildman–Crippen LogP) is 3.98. The third-order valence-electron chi connectivity index (χ3n) is 4.82. The van der Waals surface area contributed by atoms with Crippen molar-refractivity contribution in [3.8, 4) is 0 Å². The van der Waals surface area contributed by atoms with E-state index in [1.54, 1.807) is 15.8 Å². The van der Waals surface area contributed by atoms with Gasteiger partial charge in [0, 0.05) is 6.20 Å². The highest BCUT2D eigenvalue weighted by Crippen LogP contribution is 2.30. The second kappa shape index (κ2) is 7.64. The number of fused-ring (bicyclic) bond motifs is 2. The first kappa shape index (κ1) is 18.4. The molecule has 7 nitrogen and oxygen atoms in total. The van der Waals surface area contributed by atoms with E-state index in [1.807, 2.05) is 61.5 Å². The first-order valence-electron chi connectivity index (χ1n) is 9.53. The quantitative estimate of drug-likeness (QED) is 0.435. The average molecular weight is 414 g/mol. The number of rotatable bonds is 5. The van der Waals surface area contributed by atoms with Crippen LogP contribution in [0.1, 0.15) is 11.3 Å². The van der Waals surface area contributed by atoms with Crippen LogP contribution in [0.3, 0.4) is 0 Å². The molecule has 2 aromatic carbocycles. The molecule has 0 bridgehead atoms. The van der Waals surface area contributed by atoms with E-state index in [0.29, 0.717) is 11.7 Å². The molecule has 0 saturated heterocycles.